The van der Waals surface area contributed by atoms with Crippen LogP contribution in [0.1, 0.15) is 59.8 Å². The topological polar surface area (TPSA) is 52.0 Å². The molecule has 2 atom stereocenters. The lowest BCUT2D eigenvalue weighted by Gasteiger charge is -2.25. The number of rotatable bonds is 7. The van der Waals surface area contributed by atoms with Crippen LogP contribution in [0.4, 0.5) is 0 Å². The van der Waals surface area contributed by atoms with Crippen LogP contribution in [-0.4, -0.2) is 11.6 Å². The standard InChI is InChI=1S/C12H28N2/c1-10(2)6-5-8-12(4,14)9-7-11(3)13/h10-11H,5-9,13-14H2,1-4H3. The molecule has 2 heteroatoms. The lowest BCUT2D eigenvalue weighted by Crippen LogP contribution is -2.37. The van der Waals surface area contributed by atoms with Crippen LogP contribution in [0.15, 0.2) is 0 Å². The fourth-order valence-corrected chi connectivity index (χ4v) is 1.60. The summed E-state index contributed by atoms with van der Waals surface area (Å²) in [5, 5.41) is 0. The van der Waals surface area contributed by atoms with E-state index >= 15 is 0 Å². The second-order valence-electron chi connectivity index (χ2n) is 5.46. The van der Waals surface area contributed by atoms with Gasteiger partial charge in [-0.05, 0) is 39.0 Å². The average molecular weight is 200 g/mol. The Kier molecular flexibility index (Phi) is 6.38. The lowest BCUT2D eigenvalue weighted by molar-refractivity contribution is 0.353. The Hall–Kier alpha value is -0.0800. The van der Waals surface area contributed by atoms with E-state index in [1.54, 1.807) is 0 Å². The Bertz CT molecular complexity index is 139. The van der Waals surface area contributed by atoms with Crippen molar-refractivity contribution < 1.29 is 0 Å². The maximum absolute atomic E-state index is 6.20. The molecule has 0 aromatic heterocycles. The summed E-state index contributed by atoms with van der Waals surface area (Å²) in [5.74, 6) is 0.791. The third kappa shape index (κ3) is 8.52. The summed E-state index contributed by atoms with van der Waals surface area (Å²) in [6, 6.07) is 0.281. The molecule has 2 nitrogen and oxygen atoms in total. The van der Waals surface area contributed by atoms with Gasteiger partial charge in [0.1, 0.15) is 0 Å². The van der Waals surface area contributed by atoms with E-state index in [9.17, 15) is 0 Å². The Balaban J connectivity index is 3.61. The first-order valence-electron chi connectivity index (χ1n) is 5.88. The van der Waals surface area contributed by atoms with Crippen molar-refractivity contribution >= 4 is 0 Å². The van der Waals surface area contributed by atoms with E-state index in [4.69, 9.17) is 11.5 Å². The summed E-state index contributed by atoms with van der Waals surface area (Å²) in [6.07, 6.45) is 5.73. The van der Waals surface area contributed by atoms with E-state index < -0.39 is 0 Å². The van der Waals surface area contributed by atoms with Crippen LogP contribution in [0.2, 0.25) is 0 Å². The van der Waals surface area contributed by atoms with E-state index in [2.05, 4.69) is 20.8 Å². The molecule has 0 amide bonds. The quantitative estimate of drug-likeness (QED) is 0.664. The fraction of sp³-hybridized carbons (Fsp3) is 1.00. The first-order valence-corrected chi connectivity index (χ1v) is 5.88. The second kappa shape index (κ2) is 6.41. The minimum absolute atomic E-state index is 0.0114. The third-order valence-corrected chi connectivity index (χ3v) is 2.70. The predicted molar refractivity (Wildman–Crippen MR) is 64.2 cm³/mol. The first kappa shape index (κ1) is 13.9. The van der Waals surface area contributed by atoms with Crippen molar-refractivity contribution in [2.75, 3.05) is 0 Å². The molecule has 86 valence electrons. The molecule has 0 saturated carbocycles. The zero-order valence-electron chi connectivity index (χ0n) is 10.3. The van der Waals surface area contributed by atoms with Crippen molar-refractivity contribution in [3.8, 4) is 0 Å². The van der Waals surface area contributed by atoms with Gasteiger partial charge in [-0.2, -0.15) is 0 Å². The summed E-state index contributed by atoms with van der Waals surface area (Å²) in [5.41, 5.74) is 11.9. The minimum atomic E-state index is -0.0114. The Labute approximate surface area is 89.4 Å². The average Bonchev–Trinajstić information content (AvgIpc) is 2.00. The largest absolute Gasteiger partial charge is 0.328 e. The Morgan fingerprint density at radius 3 is 2.07 bits per heavy atom. The molecule has 2 unspecified atom stereocenters. The highest BCUT2D eigenvalue weighted by molar-refractivity contribution is 4.79. The van der Waals surface area contributed by atoms with Crippen molar-refractivity contribution in [1.82, 2.24) is 0 Å². The molecule has 14 heavy (non-hydrogen) atoms. The van der Waals surface area contributed by atoms with E-state index in [1.807, 2.05) is 6.92 Å². The van der Waals surface area contributed by atoms with Gasteiger partial charge in [-0.3, -0.25) is 0 Å². The van der Waals surface area contributed by atoms with E-state index in [-0.39, 0.29) is 11.6 Å². The Morgan fingerprint density at radius 2 is 1.64 bits per heavy atom. The molecule has 0 aliphatic heterocycles. The van der Waals surface area contributed by atoms with Crippen molar-refractivity contribution in [2.24, 2.45) is 17.4 Å². The molecular weight excluding hydrogens is 172 g/mol. The molecular formula is C12H28N2. The summed E-state index contributed by atoms with van der Waals surface area (Å²) in [7, 11) is 0. The van der Waals surface area contributed by atoms with Gasteiger partial charge in [0.05, 0.1) is 0 Å². The highest BCUT2D eigenvalue weighted by Gasteiger charge is 2.18. The van der Waals surface area contributed by atoms with Gasteiger partial charge < -0.3 is 11.5 Å². The monoisotopic (exact) mass is 200 g/mol. The molecule has 0 heterocycles. The predicted octanol–water partition coefficient (Wildman–Crippen LogP) is 2.66. The molecule has 0 saturated heterocycles. The van der Waals surface area contributed by atoms with E-state index in [1.165, 1.54) is 12.8 Å². The maximum Gasteiger partial charge on any atom is 0.0126 e. The van der Waals surface area contributed by atoms with Crippen molar-refractivity contribution in [2.45, 2.75) is 71.4 Å². The van der Waals surface area contributed by atoms with Crippen LogP contribution in [-0.2, 0) is 0 Å². The van der Waals surface area contributed by atoms with Gasteiger partial charge in [-0.15, -0.1) is 0 Å². The SMILES string of the molecule is CC(C)CCCC(C)(N)CCC(C)N. The van der Waals surface area contributed by atoms with Crippen molar-refractivity contribution in [1.29, 1.82) is 0 Å². The molecule has 4 N–H and O–H groups in total. The highest BCUT2D eigenvalue weighted by Crippen LogP contribution is 2.19. The van der Waals surface area contributed by atoms with Crippen molar-refractivity contribution in [3.05, 3.63) is 0 Å². The molecule has 0 aliphatic rings. The Morgan fingerprint density at radius 1 is 1.07 bits per heavy atom. The number of hydrogen-bond acceptors (Lipinski definition) is 2. The highest BCUT2D eigenvalue weighted by atomic mass is 14.7. The third-order valence-electron chi connectivity index (χ3n) is 2.70. The molecule has 0 aromatic carbocycles. The molecule has 0 aliphatic carbocycles. The molecule has 0 bridgehead atoms. The molecule has 0 spiro atoms. The van der Waals surface area contributed by atoms with Gasteiger partial charge in [-0.25, -0.2) is 0 Å². The molecule has 0 fully saturated rings. The van der Waals surface area contributed by atoms with Gasteiger partial charge in [0.2, 0.25) is 0 Å². The van der Waals surface area contributed by atoms with Gasteiger partial charge in [0.15, 0.2) is 0 Å². The van der Waals surface area contributed by atoms with Crippen LogP contribution < -0.4 is 11.5 Å². The summed E-state index contributed by atoms with van der Waals surface area (Å²) >= 11 is 0. The molecule has 0 aromatic rings. The first-order chi connectivity index (χ1) is 6.33. The normalized spacial score (nSPS) is 18.2. The lowest BCUT2D eigenvalue weighted by atomic mass is 9.88. The maximum atomic E-state index is 6.20. The smallest absolute Gasteiger partial charge is 0.0126 e. The summed E-state index contributed by atoms with van der Waals surface area (Å²) in [4.78, 5) is 0. The van der Waals surface area contributed by atoms with Crippen molar-refractivity contribution in [3.63, 3.8) is 0 Å². The zero-order chi connectivity index (χ0) is 11.2. The number of hydrogen-bond donors (Lipinski definition) is 2. The second-order valence-corrected chi connectivity index (χ2v) is 5.46. The van der Waals surface area contributed by atoms with Gasteiger partial charge in [-0.1, -0.05) is 26.7 Å². The van der Waals surface area contributed by atoms with Gasteiger partial charge in [0.25, 0.3) is 0 Å². The fourth-order valence-electron chi connectivity index (χ4n) is 1.60. The van der Waals surface area contributed by atoms with Crippen LogP contribution in [0.3, 0.4) is 0 Å². The van der Waals surface area contributed by atoms with Crippen LogP contribution in [0, 0.1) is 5.92 Å². The van der Waals surface area contributed by atoms with Gasteiger partial charge in [0, 0.05) is 11.6 Å². The van der Waals surface area contributed by atoms with Crippen LogP contribution in [0.5, 0.6) is 0 Å². The summed E-state index contributed by atoms with van der Waals surface area (Å²) in [6.45, 7) is 8.71. The van der Waals surface area contributed by atoms with E-state index in [0.717, 1.165) is 25.2 Å². The summed E-state index contributed by atoms with van der Waals surface area (Å²) < 4.78 is 0. The number of nitrogens with two attached hydrogens (primary N) is 2. The van der Waals surface area contributed by atoms with Crippen LogP contribution in [0.25, 0.3) is 0 Å². The zero-order valence-corrected chi connectivity index (χ0v) is 10.3. The van der Waals surface area contributed by atoms with Gasteiger partial charge >= 0.3 is 0 Å². The molecule has 0 rings (SSSR count). The minimum Gasteiger partial charge on any atom is -0.328 e. The van der Waals surface area contributed by atoms with Crippen LogP contribution >= 0.6 is 0 Å². The van der Waals surface area contributed by atoms with E-state index in [0.29, 0.717) is 0 Å². The molecule has 0 radical (unpaired) electrons.